The summed E-state index contributed by atoms with van der Waals surface area (Å²) >= 11 is 0. The fourth-order valence-electron chi connectivity index (χ4n) is 4.27. The van der Waals surface area contributed by atoms with Crippen molar-refractivity contribution >= 4 is 17.1 Å². The molecule has 2 aromatic carbocycles. The zero-order valence-electron chi connectivity index (χ0n) is 18.1. The number of fused-ring (bicyclic) bond motifs is 1. The summed E-state index contributed by atoms with van der Waals surface area (Å²) in [6.45, 7) is 1.29. The molecule has 0 spiro atoms. The number of pyridine rings is 1. The number of hydrogen-bond acceptors (Lipinski definition) is 5. The molecule has 1 unspecified atom stereocenters. The van der Waals surface area contributed by atoms with Gasteiger partial charge < -0.3 is 18.9 Å². The lowest BCUT2D eigenvalue weighted by molar-refractivity contribution is 0.0788. The number of amides is 1. The van der Waals surface area contributed by atoms with Crippen LogP contribution in [0.2, 0.25) is 0 Å². The van der Waals surface area contributed by atoms with E-state index in [1.807, 2.05) is 65.6 Å². The van der Waals surface area contributed by atoms with Crippen LogP contribution < -0.4 is 9.47 Å². The normalized spacial score (nSPS) is 15.8. The van der Waals surface area contributed by atoms with E-state index in [0.29, 0.717) is 18.7 Å². The van der Waals surface area contributed by atoms with E-state index >= 15 is 0 Å². The Morgan fingerprint density at radius 2 is 1.66 bits per heavy atom. The summed E-state index contributed by atoms with van der Waals surface area (Å²) in [5.41, 5.74) is 3.33. The van der Waals surface area contributed by atoms with E-state index in [1.165, 1.54) is 0 Å². The molecule has 162 valence electrons. The number of imidazole rings is 1. The molecule has 0 bridgehead atoms. The molecule has 1 atom stereocenters. The number of methoxy groups -OCH3 is 2. The highest BCUT2D eigenvalue weighted by Gasteiger charge is 2.31. The van der Waals surface area contributed by atoms with Gasteiger partial charge in [0.05, 0.1) is 20.3 Å². The number of aromatic nitrogens is 3. The van der Waals surface area contributed by atoms with Crippen LogP contribution in [0.15, 0.2) is 66.9 Å². The number of hydrogen-bond donors (Lipinski definition) is 0. The lowest BCUT2D eigenvalue weighted by Gasteiger charge is -2.19. The molecule has 1 amide bonds. The van der Waals surface area contributed by atoms with Crippen LogP contribution in [0.5, 0.6) is 11.5 Å². The van der Waals surface area contributed by atoms with Crippen molar-refractivity contribution in [3.05, 3.63) is 72.4 Å². The highest BCUT2D eigenvalue weighted by molar-refractivity contribution is 5.94. The molecule has 2 aromatic heterocycles. The van der Waals surface area contributed by atoms with E-state index < -0.39 is 0 Å². The van der Waals surface area contributed by atoms with E-state index in [2.05, 4.69) is 9.55 Å². The molecule has 1 fully saturated rings. The Labute approximate surface area is 186 Å². The summed E-state index contributed by atoms with van der Waals surface area (Å²) in [5, 5.41) is 0. The van der Waals surface area contributed by atoms with Gasteiger partial charge >= 0.3 is 0 Å². The number of benzene rings is 2. The summed E-state index contributed by atoms with van der Waals surface area (Å²) in [6, 6.07) is 19.1. The van der Waals surface area contributed by atoms with Crippen LogP contribution >= 0.6 is 0 Å². The Morgan fingerprint density at radius 1 is 0.969 bits per heavy atom. The first-order valence-electron chi connectivity index (χ1n) is 10.6. The van der Waals surface area contributed by atoms with Crippen molar-refractivity contribution in [1.29, 1.82) is 0 Å². The van der Waals surface area contributed by atoms with Crippen LogP contribution in [-0.2, 0) is 0 Å². The summed E-state index contributed by atoms with van der Waals surface area (Å²) < 4.78 is 12.7. The predicted molar refractivity (Wildman–Crippen MR) is 122 cm³/mol. The van der Waals surface area contributed by atoms with Crippen LogP contribution in [0, 0.1) is 0 Å². The summed E-state index contributed by atoms with van der Waals surface area (Å²) in [4.78, 5) is 24.5. The highest BCUT2D eigenvalue weighted by atomic mass is 16.5. The van der Waals surface area contributed by atoms with Crippen molar-refractivity contribution in [3.63, 3.8) is 0 Å². The number of rotatable bonds is 5. The number of likely N-dealkylation sites (tertiary alicyclic amines) is 1. The van der Waals surface area contributed by atoms with Crippen molar-refractivity contribution in [3.8, 4) is 22.9 Å². The van der Waals surface area contributed by atoms with Gasteiger partial charge in [-0.2, -0.15) is 0 Å². The molecule has 0 saturated carbocycles. The van der Waals surface area contributed by atoms with Crippen molar-refractivity contribution < 1.29 is 14.3 Å². The van der Waals surface area contributed by atoms with Gasteiger partial charge in [-0.3, -0.25) is 4.79 Å². The van der Waals surface area contributed by atoms with E-state index in [9.17, 15) is 4.79 Å². The minimum absolute atomic E-state index is 0.0264. The van der Waals surface area contributed by atoms with Gasteiger partial charge in [-0.1, -0.05) is 0 Å². The van der Waals surface area contributed by atoms with Gasteiger partial charge in [0.25, 0.3) is 5.91 Å². The van der Waals surface area contributed by atoms with E-state index in [1.54, 1.807) is 20.4 Å². The molecule has 5 rings (SSSR count). The van der Waals surface area contributed by atoms with Gasteiger partial charge in [0.15, 0.2) is 5.65 Å². The van der Waals surface area contributed by atoms with Crippen molar-refractivity contribution in [1.82, 2.24) is 19.4 Å². The first kappa shape index (κ1) is 20.1. The second-order valence-corrected chi connectivity index (χ2v) is 7.80. The quantitative estimate of drug-likeness (QED) is 0.476. The molecule has 32 heavy (non-hydrogen) atoms. The predicted octanol–water partition coefficient (Wildman–Crippen LogP) is 4.20. The van der Waals surface area contributed by atoms with E-state index in [0.717, 1.165) is 40.5 Å². The first-order chi connectivity index (χ1) is 15.7. The average Bonchev–Trinajstić information content (AvgIpc) is 3.48. The van der Waals surface area contributed by atoms with Crippen LogP contribution in [-0.4, -0.2) is 52.7 Å². The van der Waals surface area contributed by atoms with Crippen LogP contribution in [0.3, 0.4) is 0 Å². The number of carbonyl (C=O) groups is 1. The molecule has 0 aliphatic carbocycles. The Balaban J connectivity index is 1.47. The minimum atomic E-state index is 0.0264. The molecule has 7 heteroatoms. The van der Waals surface area contributed by atoms with Crippen molar-refractivity contribution in [2.24, 2.45) is 0 Å². The topological polar surface area (TPSA) is 69.5 Å². The molecule has 3 heterocycles. The average molecular weight is 428 g/mol. The van der Waals surface area contributed by atoms with Crippen molar-refractivity contribution in [2.75, 3.05) is 27.3 Å². The van der Waals surface area contributed by atoms with Gasteiger partial charge in [-0.25, -0.2) is 9.97 Å². The third-order valence-electron chi connectivity index (χ3n) is 5.95. The fourth-order valence-corrected chi connectivity index (χ4v) is 4.27. The third-order valence-corrected chi connectivity index (χ3v) is 5.95. The Morgan fingerprint density at radius 3 is 2.34 bits per heavy atom. The fraction of sp³-hybridized carbons (Fsp3) is 0.240. The largest absolute Gasteiger partial charge is 0.497 e. The van der Waals surface area contributed by atoms with Crippen molar-refractivity contribution in [2.45, 2.75) is 12.5 Å². The second kappa shape index (κ2) is 8.34. The minimum Gasteiger partial charge on any atom is -0.497 e. The smallest absolute Gasteiger partial charge is 0.253 e. The third kappa shape index (κ3) is 3.56. The molecule has 1 aliphatic rings. The zero-order valence-corrected chi connectivity index (χ0v) is 18.1. The maximum Gasteiger partial charge on any atom is 0.253 e. The first-order valence-corrected chi connectivity index (χ1v) is 10.6. The van der Waals surface area contributed by atoms with Gasteiger partial charge in [0.1, 0.15) is 22.8 Å². The van der Waals surface area contributed by atoms with Crippen LogP contribution in [0.1, 0.15) is 22.8 Å². The molecule has 1 aliphatic heterocycles. The summed E-state index contributed by atoms with van der Waals surface area (Å²) in [7, 11) is 3.27. The van der Waals surface area contributed by atoms with Gasteiger partial charge in [0.2, 0.25) is 0 Å². The Kier molecular flexibility index (Phi) is 5.23. The van der Waals surface area contributed by atoms with E-state index in [4.69, 9.17) is 14.5 Å². The molecule has 7 nitrogen and oxygen atoms in total. The summed E-state index contributed by atoms with van der Waals surface area (Å²) in [5.74, 6) is 2.41. The van der Waals surface area contributed by atoms with Gasteiger partial charge in [-0.15, -0.1) is 0 Å². The SMILES string of the molecule is COc1ccc(C(=O)N2CCC(n3c(-c4ccc(OC)cc4)nc4cccnc43)C2)cc1. The Hall–Kier alpha value is -3.87. The lowest BCUT2D eigenvalue weighted by Crippen LogP contribution is -2.29. The lowest BCUT2D eigenvalue weighted by atomic mass is 10.1. The molecule has 0 N–H and O–H groups in total. The summed E-state index contributed by atoms with van der Waals surface area (Å²) in [6.07, 6.45) is 2.63. The van der Waals surface area contributed by atoms with Gasteiger partial charge in [0, 0.05) is 30.4 Å². The maximum atomic E-state index is 13.1. The number of nitrogens with zero attached hydrogens (tertiary/aromatic N) is 4. The Bertz CT molecular complexity index is 1250. The zero-order chi connectivity index (χ0) is 22.1. The standard InChI is InChI=1S/C25H24N4O3/c1-31-20-9-5-17(6-10-20)23-27-22-4-3-14-26-24(22)29(23)19-13-15-28(16-19)25(30)18-7-11-21(32-2)12-8-18/h3-12,14,19H,13,15-16H2,1-2H3. The van der Waals surface area contributed by atoms with Gasteiger partial charge in [-0.05, 0) is 67.1 Å². The molecule has 1 saturated heterocycles. The van der Waals surface area contributed by atoms with Crippen LogP contribution in [0.25, 0.3) is 22.6 Å². The monoisotopic (exact) mass is 428 g/mol. The second-order valence-electron chi connectivity index (χ2n) is 7.80. The van der Waals surface area contributed by atoms with Crippen LogP contribution in [0.4, 0.5) is 0 Å². The maximum absolute atomic E-state index is 13.1. The molecule has 0 radical (unpaired) electrons. The highest BCUT2D eigenvalue weighted by Crippen LogP contribution is 2.33. The number of ether oxygens (including phenoxy) is 2. The molecular weight excluding hydrogens is 404 g/mol. The molecular formula is C25H24N4O3. The molecule has 4 aromatic rings. The number of carbonyl (C=O) groups excluding carboxylic acids is 1. The van der Waals surface area contributed by atoms with E-state index in [-0.39, 0.29) is 11.9 Å².